The summed E-state index contributed by atoms with van der Waals surface area (Å²) in [5, 5.41) is 19.2. The van der Waals surface area contributed by atoms with E-state index in [1.165, 1.54) is 56.8 Å². The fourth-order valence-electron chi connectivity index (χ4n) is 9.31. The van der Waals surface area contributed by atoms with Crippen molar-refractivity contribution < 1.29 is 42.4 Å². The molecule has 0 unspecified atom stereocenters. The molecule has 0 amide bonds. The fraction of sp³-hybridized carbons (Fsp3) is 0.141. The van der Waals surface area contributed by atoms with Gasteiger partial charge in [-0.05, 0) is 141 Å². The third kappa shape index (κ3) is 16.7. The molecule has 0 saturated heterocycles. The summed E-state index contributed by atoms with van der Waals surface area (Å²) in [7, 11) is 0. The molecule has 1 aliphatic carbocycles. The Hall–Kier alpha value is -12.5. The standard InChI is InChI=1S/C26H23N3O2.C17H12F3N3O2.C16H13N3O3.C11H9N3O3.CH4/c1-2-26(15-16-26)19-13-11-18(12-14-19)22-23(31-20-8-4-3-5-9-20)25(30)29-24(28-22)21-10-6-7-17-27-21;1-10-15(24)22-14(13-7-2-3-8-21-13)23-16(10)25-12-6-4-5-11(9-12)17(18,19)20;1-10-5-4-6-11(9-10)22-16-13(20)15(21)18-14(19-16)12-7-2-3-8-17-12;1-6(15)8-9(16)11(17)14-10(13-8)7-4-2-3-5-12-7;/h3-14,17H,2,15-16H2,1H3,(H,28,29,30);2-9H,1H3,(H,22,23,24);2-9,20H,1H3,(H,18,19,21);2-5,16H,1H3,(H,13,14,17);1H4. The van der Waals surface area contributed by atoms with Crippen molar-refractivity contribution >= 4 is 5.78 Å². The van der Waals surface area contributed by atoms with Gasteiger partial charge in [-0.15, -0.1) is 0 Å². The van der Waals surface area contributed by atoms with Crippen LogP contribution in [0.25, 0.3) is 57.3 Å². The van der Waals surface area contributed by atoms with Crippen molar-refractivity contribution in [3.63, 3.8) is 0 Å². The van der Waals surface area contributed by atoms with Crippen molar-refractivity contribution in [2.24, 2.45) is 0 Å². The number of nitrogens with zero attached hydrogens (tertiary/aromatic N) is 8. The minimum absolute atomic E-state index is 0. The first-order chi connectivity index (χ1) is 45.7. The molecule has 486 valence electrons. The summed E-state index contributed by atoms with van der Waals surface area (Å²) in [5.41, 5.74) is 2.72. The molecule has 0 aliphatic heterocycles. The fourth-order valence-corrected chi connectivity index (χ4v) is 9.31. The van der Waals surface area contributed by atoms with E-state index in [0.29, 0.717) is 51.2 Å². The second kappa shape index (κ2) is 30.3. The molecule has 13 rings (SSSR count). The lowest BCUT2D eigenvalue weighted by Gasteiger charge is -2.15. The van der Waals surface area contributed by atoms with E-state index < -0.39 is 45.7 Å². The quantitative estimate of drug-likeness (QED) is 0.0551. The van der Waals surface area contributed by atoms with E-state index in [2.05, 4.69) is 73.9 Å². The highest BCUT2D eigenvalue weighted by Crippen LogP contribution is 2.51. The number of hydrogen-bond donors (Lipinski definition) is 6. The van der Waals surface area contributed by atoms with Gasteiger partial charge in [-0.3, -0.25) is 43.9 Å². The maximum atomic E-state index is 13.0. The molecular formula is C71H61F3N12O10. The van der Waals surface area contributed by atoms with Crippen LogP contribution in [0.15, 0.2) is 220 Å². The lowest BCUT2D eigenvalue weighted by Crippen LogP contribution is -2.14. The smallest absolute Gasteiger partial charge is 0.416 e. The number of aryl methyl sites for hydroxylation is 1. The van der Waals surface area contributed by atoms with Gasteiger partial charge in [0, 0.05) is 37.3 Å². The van der Waals surface area contributed by atoms with Gasteiger partial charge in [0.15, 0.2) is 34.8 Å². The lowest BCUT2D eigenvalue weighted by molar-refractivity contribution is -0.137. The number of aromatic hydroxyl groups is 2. The summed E-state index contributed by atoms with van der Waals surface area (Å²) in [6.07, 6.45) is 5.45. The van der Waals surface area contributed by atoms with Crippen LogP contribution in [0.5, 0.6) is 46.3 Å². The van der Waals surface area contributed by atoms with Gasteiger partial charge in [-0.2, -0.15) is 23.1 Å². The van der Waals surface area contributed by atoms with Crippen LogP contribution < -0.4 is 36.4 Å². The number of carbonyl (C=O) groups excluding carboxylic acids is 1. The predicted octanol–water partition coefficient (Wildman–Crippen LogP) is 13.7. The molecule has 0 radical (unpaired) electrons. The van der Waals surface area contributed by atoms with Gasteiger partial charge in [0.05, 0.1) is 11.1 Å². The molecule has 22 nitrogen and oxygen atoms in total. The lowest BCUT2D eigenvalue weighted by atomic mass is 9.92. The Labute approximate surface area is 545 Å². The topological polar surface area (TPSA) is 320 Å². The summed E-state index contributed by atoms with van der Waals surface area (Å²) in [6.45, 7) is 6.85. The van der Waals surface area contributed by atoms with Gasteiger partial charge in [-0.1, -0.05) is 99.3 Å². The second-order valence-corrected chi connectivity index (χ2v) is 21.2. The number of hydrogen-bond acceptors (Lipinski definition) is 18. The number of benzene rings is 4. The maximum absolute atomic E-state index is 13.0. The molecule has 12 aromatic rings. The molecule has 96 heavy (non-hydrogen) atoms. The van der Waals surface area contributed by atoms with Gasteiger partial charge in [0.2, 0.25) is 23.1 Å². The van der Waals surface area contributed by atoms with Gasteiger partial charge in [0.1, 0.15) is 45.7 Å². The molecule has 1 aliphatic rings. The first-order valence-corrected chi connectivity index (χ1v) is 29.3. The van der Waals surface area contributed by atoms with E-state index in [0.717, 1.165) is 29.7 Å². The zero-order valence-electron chi connectivity index (χ0n) is 51.0. The third-order valence-electron chi connectivity index (χ3n) is 14.5. The van der Waals surface area contributed by atoms with Crippen LogP contribution >= 0.6 is 0 Å². The van der Waals surface area contributed by atoms with Crippen molar-refractivity contribution in [2.75, 3.05) is 0 Å². The van der Waals surface area contributed by atoms with E-state index >= 15 is 0 Å². The average molecular weight is 1300 g/mol. The Morgan fingerprint density at radius 3 is 1.47 bits per heavy atom. The zero-order chi connectivity index (χ0) is 67.2. The Bertz CT molecular complexity index is 4910. The number of alkyl halides is 3. The minimum atomic E-state index is -4.49. The minimum Gasteiger partial charge on any atom is -0.501 e. The molecule has 4 aromatic carbocycles. The van der Waals surface area contributed by atoms with Gasteiger partial charge < -0.3 is 44.4 Å². The number of ketones is 1. The van der Waals surface area contributed by atoms with Crippen molar-refractivity contribution in [2.45, 2.75) is 66.0 Å². The number of rotatable bonds is 14. The molecule has 1 fully saturated rings. The SMILES string of the molecule is C.CC(=O)c1nc(-c2ccccn2)[nH]c(=O)c1O.CCC1(c2ccc(-c3nc(-c4ccccn4)[nH]c(=O)c3Oc3ccccc3)cc2)CC1.Cc1c(Oc2cccc(C(F)(F)F)c2)nc(-c2ccccn2)[nH]c1=O.Cc1cccc(Oc2nc(-c3ccccn3)[nH]c(=O)c2O)c1. The molecule has 0 atom stereocenters. The number of para-hydroxylation sites is 1. The second-order valence-electron chi connectivity index (χ2n) is 21.2. The number of aromatic amines is 4. The maximum Gasteiger partial charge on any atom is 0.416 e. The Balaban J connectivity index is 0.000000153. The van der Waals surface area contributed by atoms with Crippen LogP contribution in [0.1, 0.15) is 73.3 Å². The van der Waals surface area contributed by atoms with Crippen LogP contribution in [0.3, 0.4) is 0 Å². The number of aromatic nitrogens is 12. The number of pyridine rings is 4. The molecule has 8 heterocycles. The largest absolute Gasteiger partial charge is 0.501 e. The monoisotopic (exact) mass is 1300 g/mol. The molecule has 8 aromatic heterocycles. The normalized spacial score (nSPS) is 11.7. The molecule has 6 N–H and O–H groups in total. The van der Waals surface area contributed by atoms with Gasteiger partial charge in [0.25, 0.3) is 28.1 Å². The highest BCUT2D eigenvalue weighted by atomic mass is 19.4. The first-order valence-electron chi connectivity index (χ1n) is 29.3. The van der Waals surface area contributed by atoms with Crippen LogP contribution in [-0.2, 0) is 11.6 Å². The Morgan fingerprint density at radius 1 is 0.510 bits per heavy atom. The zero-order valence-corrected chi connectivity index (χ0v) is 51.0. The van der Waals surface area contributed by atoms with E-state index in [1.807, 2.05) is 79.7 Å². The first kappa shape index (κ1) is 67.8. The van der Waals surface area contributed by atoms with Crippen molar-refractivity contribution in [1.82, 2.24) is 59.8 Å². The average Bonchev–Trinajstić information content (AvgIpc) is 1.39. The molecule has 25 heteroatoms. The van der Waals surface area contributed by atoms with Crippen LogP contribution in [0, 0.1) is 13.8 Å². The highest BCUT2D eigenvalue weighted by Gasteiger charge is 2.42. The molecule has 1 saturated carbocycles. The van der Waals surface area contributed by atoms with E-state index in [4.69, 9.17) is 19.2 Å². The third-order valence-corrected chi connectivity index (χ3v) is 14.5. The molecule has 0 bridgehead atoms. The molecular weight excluding hydrogens is 1240 g/mol. The summed E-state index contributed by atoms with van der Waals surface area (Å²) in [5.74, 6) is 0.183. The van der Waals surface area contributed by atoms with E-state index in [-0.39, 0.29) is 65.0 Å². The summed E-state index contributed by atoms with van der Waals surface area (Å²) < 4.78 is 55.3. The van der Waals surface area contributed by atoms with Crippen LogP contribution in [0.4, 0.5) is 13.2 Å². The van der Waals surface area contributed by atoms with Crippen LogP contribution in [0.2, 0.25) is 0 Å². The number of H-pyrrole nitrogens is 4. The summed E-state index contributed by atoms with van der Waals surface area (Å²) >= 11 is 0. The summed E-state index contributed by atoms with van der Waals surface area (Å²) in [6, 6.07) is 50.1. The Kier molecular flexibility index (Phi) is 21.4. The highest BCUT2D eigenvalue weighted by molar-refractivity contribution is 5.94. The van der Waals surface area contributed by atoms with E-state index in [9.17, 15) is 47.4 Å². The number of halogens is 3. The van der Waals surface area contributed by atoms with Gasteiger partial charge >= 0.3 is 6.18 Å². The summed E-state index contributed by atoms with van der Waals surface area (Å²) in [4.78, 5) is 103. The van der Waals surface area contributed by atoms with Gasteiger partial charge in [-0.25, -0.2) is 9.97 Å². The predicted molar refractivity (Wildman–Crippen MR) is 353 cm³/mol. The molecule has 0 spiro atoms. The number of nitrogens with one attached hydrogen (secondary N) is 4. The number of carbonyl (C=O) groups is 1. The number of Topliss-reactive ketones (excluding diaryl/α,β-unsaturated/α-hetero) is 1. The van der Waals surface area contributed by atoms with E-state index in [1.54, 1.807) is 79.1 Å². The van der Waals surface area contributed by atoms with Crippen molar-refractivity contribution in [3.05, 3.63) is 270 Å². The number of ether oxygens (including phenoxy) is 3. The Morgan fingerprint density at radius 2 is 0.969 bits per heavy atom. The van der Waals surface area contributed by atoms with Crippen molar-refractivity contribution in [1.29, 1.82) is 0 Å². The van der Waals surface area contributed by atoms with Crippen molar-refractivity contribution in [3.8, 4) is 104 Å². The van der Waals surface area contributed by atoms with Crippen LogP contribution in [-0.4, -0.2) is 75.8 Å².